The van der Waals surface area contributed by atoms with Gasteiger partial charge in [0.05, 0.1) is 10.6 Å². The number of fused-ring (bicyclic) bond motifs is 1. The SMILES string of the molecule is C[C@H]1[C@@H]([C@H](F)/C=C\C=C(/N)Br)OC(=O)N1C(=O)CCc1cccc2ccccc12. The first-order valence-corrected chi connectivity index (χ1v) is 10.1. The van der Waals surface area contributed by atoms with Gasteiger partial charge in [0.25, 0.3) is 0 Å². The van der Waals surface area contributed by atoms with Crippen LogP contribution >= 0.6 is 15.9 Å². The number of imide groups is 1. The summed E-state index contributed by atoms with van der Waals surface area (Å²) in [6, 6.07) is 13.2. The molecule has 1 aliphatic rings. The summed E-state index contributed by atoms with van der Waals surface area (Å²) in [4.78, 5) is 25.9. The summed E-state index contributed by atoms with van der Waals surface area (Å²) in [6.45, 7) is 1.61. The third-order valence-corrected chi connectivity index (χ3v) is 5.20. The van der Waals surface area contributed by atoms with Gasteiger partial charge in [0.1, 0.15) is 0 Å². The van der Waals surface area contributed by atoms with Crippen LogP contribution in [0.4, 0.5) is 9.18 Å². The first-order valence-electron chi connectivity index (χ1n) is 9.31. The highest BCUT2D eigenvalue weighted by atomic mass is 79.9. The van der Waals surface area contributed by atoms with Crippen molar-refractivity contribution in [3.8, 4) is 0 Å². The second-order valence-electron chi connectivity index (χ2n) is 6.87. The topological polar surface area (TPSA) is 72.6 Å². The van der Waals surface area contributed by atoms with E-state index in [1.165, 1.54) is 18.2 Å². The zero-order chi connectivity index (χ0) is 21.0. The van der Waals surface area contributed by atoms with Crippen LogP contribution in [0.25, 0.3) is 10.8 Å². The minimum atomic E-state index is -1.55. The lowest BCUT2D eigenvalue weighted by atomic mass is 10.0. The molecule has 1 fully saturated rings. The molecule has 5 nitrogen and oxygen atoms in total. The van der Waals surface area contributed by atoms with E-state index in [2.05, 4.69) is 15.9 Å². The number of hydrogen-bond acceptors (Lipinski definition) is 4. The molecule has 3 rings (SSSR count). The predicted octanol–water partition coefficient (Wildman–Crippen LogP) is 4.60. The molecule has 7 heteroatoms. The molecule has 2 amide bonds. The number of carbonyl (C=O) groups is 2. The van der Waals surface area contributed by atoms with Crippen LogP contribution in [0, 0.1) is 0 Å². The maximum Gasteiger partial charge on any atom is 0.417 e. The van der Waals surface area contributed by atoms with E-state index in [1.807, 2.05) is 42.5 Å². The van der Waals surface area contributed by atoms with Crippen molar-refractivity contribution in [3.63, 3.8) is 0 Å². The van der Waals surface area contributed by atoms with Crippen molar-refractivity contribution in [3.05, 3.63) is 70.9 Å². The van der Waals surface area contributed by atoms with Crippen LogP contribution in [0.5, 0.6) is 0 Å². The first-order chi connectivity index (χ1) is 13.9. The Hall–Kier alpha value is -2.67. The van der Waals surface area contributed by atoms with Crippen LogP contribution in [0.3, 0.4) is 0 Å². The summed E-state index contributed by atoms with van der Waals surface area (Å²) in [5, 5.41) is 2.17. The number of amides is 2. The molecule has 152 valence electrons. The zero-order valence-electron chi connectivity index (χ0n) is 15.9. The maximum atomic E-state index is 14.5. The van der Waals surface area contributed by atoms with Crippen LogP contribution < -0.4 is 5.73 Å². The van der Waals surface area contributed by atoms with Crippen molar-refractivity contribution in [1.82, 2.24) is 4.90 Å². The second kappa shape index (κ2) is 9.22. The molecule has 0 spiro atoms. The Morgan fingerprint density at radius 3 is 2.79 bits per heavy atom. The van der Waals surface area contributed by atoms with E-state index in [0.29, 0.717) is 11.0 Å². The number of nitrogens with zero attached hydrogens (tertiary/aromatic N) is 1. The zero-order valence-corrected chi connectivity index (χ0v) is 17.5. The fraction of sp³-hybridized carbons (Fsp3) is 0.273. The molecule has 1 aliphatic heterocycles. The van der Waals surface area contributed by atoms with Crippen LogP contribution in [0.1, 0.15) is 18.9 Å². The minimum absolute atomic E-state index is 0.135. The van der Waals surface area contributed by atoms with Gasteiger partial charge >= 0.3 is 6.09 Å². The van der Waals surface area contributed by atoms with Gasteiger partial charge in [0.15, 0.2) is 12.3 Å². The number of halogens is 2. The molecule has 0 radical (unpaired) electrons. The molecule has 2 aromatic carbocycles. The Balaban J connectivity index is 1.67. The lowest BCUT2D eigenvalue weighted by molar-refractivity contribution is -0.129. The van der Waals surface area contributed by atoms with Crippen molar-refractivity contribution in [2.24, 2.45) is 5.73 Å². The number of rotatable bonds is 6. The number of allylic oxidation sites excluding steroid dienone is 2. The molecular weight excluding hydrogens is 439 g/mol. The summed E-state index contributed by atoms with van der Waals surface area (Å²) in [5.74, 6) is -0.376. The summed E-state index contributed by atoms with van der Waals surface area (Å²) < 4.78 is 19.9. The predicted molar refractivity (Wildman–Crippen MR) is 114 cm³/mol. The summed E-state index contributed by atoms with van der Waals surface area (Å²) in [5.41, 5.74) is 6.45. The lowest BCUT2D eigenvalue weighted by Gasteiger charge is -2.20. The van der Waals surface area contributed by atoms with E-state index in [1.54, 1.807) is 6.92 Å². The minimum Gasteiger partial charge on any atom is -0.440 e. The molecule has 3 atom stereocenters. The van der Waals surface area contributed by atoms with Crippen LogP contribution in [-0.4, -0.2) is 35.2 Å². The molecule has 0 bridgehead atoms. The van der Waals surface area contributed by atoms with Gasteiger partial charge in [-0.3, -0.25) is 4.79 Å². The third-order valence-electron chi connectivity index (χ3n) is 4.94. The first kappa shape index (κ1) is 21.0. The van der Waals surface area contributed by atoms with Gasteiger partial charge in [-0.25, -0.2) is 14.1 Å². The van der Waals surface area contributed by atoms with Crippen molar-refractivity contribution < 1.29 is 18.7 Å². The number of hydrogen-bond donors (Lipinski definition) is 1. The smallest absolute Gasteiger partial charge is 0.417 e. The van der Waals surface area contributed by atoms with Gasteiger partial charge < -0.3 is 10.5 Å². The molecule has 0 aliphatic carbocycles. The Kier molecular flexibility index (Phi) is 6.69. The highest BCUT2D eigenvalue weighted by Crippen LogP contribution is 2.26. The van der Waals surface area contributed by atoms with E-state index in [9.17, 15) is 14.0 Å². The van der Waals surface area contributed by atoms with Crippen molar-refractivity contribution in [1.29, 1.82) is 0 Å². The Bertz CT molecular complexity index is 966. The average Bonchev–Trinajstić information content (AvgIpc) is 3.00. The standard InChI is InChI=1S/C22H22BrFN2O3/c1-14-21(18(24)10-5-11-19(23)25)29-22(28)26(14)20(27)13-12-16-8-4-7-15-6-2-3-9-17(15)16/h2-11,14,18,21H,12-13,25H2,1H3/b10-5-,19-11-/t14-,18+,21-/m0/s1. The van der Waals surface area contributed by atoms with Crippen LogP contribution in [0.15, 0.2) is 65.3 Å². The normalized spacial score (nSPS) is 21.0. The van der Waals surface area contributed by atoms with Crippen LogP contribution in [0.2, 0.25) is 0 Å². The van der Waals surface area contributed by atoms with E-state index < -0.39 is 24.4 Å². The highest BCUT2D eigenvalue weighted by Gasteiger charge is 2.45. The van der Waals surface area contributed by atoms with E-state index in [-0.39, 0.29) is 12.3 Å². The Labute approximate surface area is 177 Å². The fourth-order valence-corrected chi connectivity index (χ4v) is 3.63. The number of aryl methyl sites for hydroxylation is 1. The van der Waals surface area contributed by atoms with Crippen molar-refractivity contribution in [2.45, 2.75) is 38.1 Å². The van der Waals surface area contributed by atoms with Crippen LogP contribution in [-0.2, 0) is 16.0 Å². The summed E-state index contributed by atoms with van der Waals surface area (Å²) in [6.07, 6.45) is 1.36. The number of nitrogens with two attached hydrogens (primary N) is 1. The van der Waals surface area contributed by atoms with Gasteiger partial charge in [-0.05, 0) is 57.8 Å². The van der Waals surface area contributed by atoms with Gasteiger partial charge in [0.2, 0.25) is 5.91 Å². The molecule has 2 aromatic rings. The largest absolute Gasteiger partial charge is 0.440 e. The molecule has 2 N–H and O–H groups in total. The molecular formula is C22H22BrFN2O3. The number of alkyl halides is 1. The Morgan fingerprint density at radius 2 is 2.03 bits per heavy atom. The van der Waals surface area contributed by atoms with Crippen molar-refractivity contribution >= 4 is 38.7 Å². The maximum absolute atomic E-state index is 14.5. The average molecular weight is 461 g/mol. The summed E-state index contributed by atoms with van der Waals surface area (Å²) >= 11 is 3.04. The highest BCUT2D eigenvalue weighted by molar-refractivity contribution is 9.11. The van der Waals surface area contributed by atoms with Crippen molar-refractivity contribution in [2.75, 3.05) is 0 Å². The molecule has 1 heterocycles. The molecule has 0 saturated carbocycles. The molecule has 0 aromatic heterocycles. The molecule has 1 saturated heterocycles. The number of carbonyl (C=O) groups excluding carboxylic acids is 2. The van der Waals surface area contributed by atoms with E-state index in [4.69, 9.17) is 10.5 Å². The van der Waals surface area contributed by atoms with Gasteiger partial charge in [-0.2, -0.15) is 0 Å². The monoisotopic (exact) mass is 460 g/mol. The van der Waals surface area contributed by atoms with Gasteiger partial charge in [-0.1, -0.05) is 48.5 Å². The van der Waals surface area contributed by atoms with E-state index >= 15 is 0 Å². The Morgan fingerprint density at radius 1 is 1.31 bits per heavy atom. The van der Waals surface area contributed by atoms with Gasteiger partial charge in [-0.15, -0.1) is 0 Å². The quantitative estimate of drug-likeness (QED) is 0.504. The number of benzene rings is 2. The van der Waals surface area contributed by atoms with Gasteiger partial charge in [0, 0.05) is 6.42 Å². The third kappa shape index (κ3) is 4.85. The number of ether oxygens (including phenoxy) is 1. The second-order valence-corrected chi connectivity index (χ2v) is 7.79. The number of cyclic esters (lactones) is 1. The summed E-state index contributed by atoms with van der Waals surface area (Å²) in [7, 11) is 0. The molecule has 29 heavy (non-hydrogen) atoms. The lowest BCUT2D eigenvalue weighted by Crippen LogP contribution is -2.41. The molecule has 0 unspecified atom stereocenters. The fourth-order valence-electron chi connectivity index (χ4n) is 3.48. The van der Waals surface area contributed by atoms with E-state index in [0.717, 1.165) is 21.2 Å².